The summed E-state index contributed by atoms with van der Waals surface area (Å²) >= 11 is 3.42. The normalized spacial score (nSPS) is 20.1. The summed E-state index contributed by atoms with van der Waals surface area (Å²) in [4.78, 5) is 14.5. The molecule has 1 amide bonds. The number of amides is 1. The second-order valence-electron chi connectivity index (χ2n) is 5.21. The van der Waals surface area contributed by atoms with E-state index in [0.29, 0.717) is 11.3 Å². The van der Waals surface area contributed by atoms with Gasteiger partial charge in [-0.15, -0.1) is 0 Å². The van der Waals surface area contributed by atoms with Crippen molar-refractivity contribution in [2.45, 2.75) is 32.6 Å². The third-order valence-corrected chi connectivity index (χ3v) is 4.86. The Labute approximate surface area is 123 Å². The molecule has 2 N–H and O–H groups in total. The quantitative estimate of drug-likeness (QED) is 0.843. The largest absolute Gasteiger partial charge is 0.398 e. The molecule has 0 aliphatic carbocycles. The Morgan fingerprint density at radius 2 is 2.21 bits per heavy atom. The van der Waals surface area contributed by atoms with Gasteiger partial charge >= 0.3 is 0 Å². The van der Waals surface area contributed by atoms with Crippen molar-refractivity contribution in [3.05, 3.63) is 28.2 Å². The third kappa shape index (κ3) is 3.30. The average Bonchev–Trinajstić information content (AvgIpc) is 2.66. The highest BCUT2D eigenvalue weighted by Crippen LogP contribution is 2.27. The fraction of sp³-hybridized carbons (Fsp3) is 0.533. The van der Waals surface area contributed by atoms with Crippen LogP contribution >= 0.6 is 15.9 Å². The maximum Gasteiger partial charge on any atom is 0.255 e. The van der Waals surface area contributed by atoms with Crippen LogP contribution in [0.2, 0.25) is 0 Å². The first-order valence-electron chi connectivity index (χ1n) is 6.96. The van der Waals surface area contributed by atoms with E-state index in [1.165, 1.54) is 12.8 Å². The molecule has 2 rings (SSSR count). The second kappa shape index (κ2) is 6.42. The molecule has 1 aliphatic rings. The van der Waals surface area contributed by atoms with E-state index in [4.69, 9.17) is 5.73 Å². The fourth-order valence-electron chi connectivity index (χ4n) is 2.66. The Bertz CT molecular complexity index is 461. The van der Waals surface area contributed by atoms with Gasteiger partial charge in [0.05, 0.1) is 10.0 Å². The van der Waals surface area contributed by atoms with Gasteiger partial charge in [-0.1, -0.05) is 19.4 Å². The molecule has 4 heteroatoms. The van der Waals surface area contributed by atoms with Gasteiger partial charge in [-0.2, -0.15) is 0 Å². The number of hydrogen-bond acceptors (Lipinski definition) is 2. The van der Waals surface area contributed by atoms with Crippen LogP contribution in [0.15, 0.2) is 22.7 Å². The van der Waals surface area contributed by atoms with Gasteiger partial charge in [-0.25, -0.2) is 0 Å². The van der Waals surface area contributed by atoms with Crippen molar-refractivity contribution >= 4 is 27.5 Å². The molecule has 1 heterocycles. The number of carbonyl (C=O) groups excluding carboxylic acids is 1. The summed E-state index contributed by atoms with van der Waals surface area (Å²) < 4.78 is 0.719. The minimum Gasteiger partial charge on any atom is -0.398 e. The number of likely N-dealkylation sites (tertiary alicyclic amines) is 1. The van der Waals surface area contributed by atoms with Crippen LogP contribution in [0, 0.1) is 5.92 Å². The van der Waals surface area contributed by atoms with Crippen molar-refractivity contribution in [2.24, 2.45) is 5.92 Å². The molecule has 104 valence electrons. The number of nitrogens with zero attached hydrogens (tertiary/aromatic N) is 1. The van der Waals surface area contributed by atoms with Gasteiger partial charge in [0.15, 0.2) is 0 Å². The summed E-state index contributed by atoms with van der Waals surface area (Å²) in [6, 6.07) is 5.47. The lowest BCUT2D eigenvalue weighted by molar-refractivity contribution is 0.0759. The SMILES string of the molecule is CCC1CCCN(C(=O)c2cccc(N)c2Br)CC1. The number of nitrogen functional groups attached to an aromatic ring is 1. The van der Waals surface area contributed by atoms with E-state index in [2.05, 4.69) is 22.9 Å². The molecule has 0 spiro atoms. The Morgan fingerprint density at radius 3 is 2.95 bits per heavy atom. The van der Waals surface area contributed by atoms with Crippen molar-refractivity contribution < 1.29 is 4.79 Å². The van der Waals surface area contributed by atoms with Crippen LogP contribution in [0.1, 0.15) is 43.0 Å². The van der Waals surface area contributed by atoms with Gasteiger partial charge in [0.25, 0.3) is 5.91 Å². The van der Waals surface area contributed by atoms with Gasteiger partial charge in [0.2, 0.25) is 0 Å². The average molecular weight is 325 g/mol. The zero-order chi connectivity index (χ0) is 13.8. The van der Waals surface area contributed by atoms with Crippen LogP contribution in [0.25, 0.3) is 0 Å². The zero-order valence-electron chi connectivity index (χ0n) is 11.4. The van der Waals surface area contributed by atoms with Crippen molar-refractivity contribution in [2.75, 3.05) is 18.8 Å². The predicted octanol–water partition coefficient (Wildman–Crippen LogP) is 3.68. The van der Waals surface area contributed by atoms with Gasteiger partial charge < -0.3 is 10.6 Å². The summed E-state index contributed by atoms with van der Waals surface area (Å²) in [6.07, 6.45) is 4.66. The molecule has 1 aromatic carbocycles. The summed E-state index contributed by atoms with van der Waals surface area (Å²) in [5.41, 5.74) is 7.14. The summed E-state index contributed by atoms with van der Waals surface area (Å²) in [6.45, 7) is 3.95. The fourth-order valence-corrected chi connectivity index (χ4v) is 3.10. The lowest BCUT2D eigenvalue weighted by atomic mass is 9.98. The van der Waals surface area contributed by atoms with Gasteiger partial charge in [0, 0.05) is 18.8 Å². The number of anilines is 1. The van der Waals surface area contributed by atoms with Crippen LogP contribution in [-0.2, 0) is 0 Å². The number of benzene rings is 1. The first-order chi connectivity index (χ1) is 9.13. The van der Waals surface area contributed by atoms with E-state index >= 15 is 0 Å². The lowest BCUT2D eigenvalue weighted by Gasteiger charge is -2.21. The Morgan fingerprint density at radius 1 is 1.42 bits per heavy atom. The predicted molar refractivity (Wildman–Crippen MR) is 82.1 cm³/mol. The van der Waals surface area contributed by atoms with E-state index in [1.54, 1.807) is 6.07 Å². The first-order valence-corrected chi connectivity index (χ1v) is 7.76. The van der Waals surface area contributed by atoms with Gasteiger partial charge in [-0.05, 0) is 53.2 Å². The Kier molecular flexibility index (Phi) is 4.86. The topological polar surface area (TPSA) is 46.3 Å². The highest BCUT2D eigenvalue weighted by atomic mass is 79.9. The molecule has 1 atom stereocenters. The second-order valence-corrected chi connectivity index (χ2v) is 6.00. The Hall–Kier alpha value is -1.03. The molecule has 1 fully saturated rings. The molecular formula is C15H21BrN2O. The number of rotatable bonds is 2. The number of hydrogen-bond donors (Lipinski definition) is 1. The van der Waals surface area contributed by atoms with E-state index < -0.39 is 0 Å². The highest BCUT2D eigenvalue weighted by molar-refractivity contribution is 9.10. The molecule has 1 saturated heterocycles. The van der Waals surface area contributed by atoms with Crippen LogP contribution in [-0.4, -0.2) is 23.9 Å². The minimum atomic E-state index is 0.0935. The molecule has 0 saturated carbocycles. The van der Waals surface area contributed by atoms with Crippen LogP contribution in [0.4, 0.5) is 5.69 Å². The monoisotopic (exact) mass is 324 g/mol. The van der Waals surface area contributed by atoms with E-state index in [-0.39, 0.29) is 5.91 Å². The van der Waals surface area contributed by atoms with Crippen molar-refractivity contribution in [1.29, 1.82) is 0 Å². The zero-order valence-corrected chi connectivity index (χ0v) is 12.9. The maximum absolute atomic E-state index is 12.6. The van der Waals surface area contributed by atoms with E-state index in [0.717, 1.165) is 36.3 Å². The summed E-state index contributed by atoms with van der Waals surface area (Å²) in [5.74, 6) is 0.859. The van der Waals surface area contributed by atoms with Crippen molar-refractivity contribution in [3.63, 3.8) is 0 Å². The van der Waals surface area contributed by atoms with Gasteiger partial charge in [-0.3, -0.25) is 4.79 Å². The molecule has 0 bridgehead atoms. The molecule has 0 aromatic heterocycles. The molecule has 3 nitrogen and oxygen atoms in total. The van der Waals surface area contributed by atoms with Crippen molar-refractivity contribution in [1.82, 2.24) is 4.90 Å². The summed E-state index contributed by atoms with van der Waals surface area (Å²) in [5, 5.41) is 0. The molecule has 1 unspecified atom stereocenters. The highest BCUT2D eigenvalue weighted by Gasteiger charge is 2.22. The summed E-state index contributed by atoms with van der Waals surface area (Å²) in [7, 11) is 0. The number of carbonyl (C=O) groups is 1. The van der Waals surface area contributed by atoms with Crippen LogP contribution in [0.3, 0.4) is 0 Å². The standard InChI is InChI=1S/C15H21BrN2O/c1-2-11-5-4-9-18(10-8-11)15(19)12-6-3-7-13(17)14(12)16/h3,6-7,11H,2,4-5,8-10,17H2,1H3. The number of nitrogens with two attached hydrogens (primary N) is 1. The van der Waals surface area contributed by atoms with Crippen LogP contribution in [0.5, 0.6) is 0 Å². The van der Waals surface area contributed by atoms with Crippen LogP contribution < -0.4 is 5.73 Å². The smallest absolute Gasteiger partial charge is 0.255 e. The maximum atomic E-state index is 12.6. The lowest BCUT2D eigenvalue weighted by Crippen LogP contribution is -2.32. The van der Waals surface area contributed by atoms with E-state index in [1.807, 2.05) is 17.0 Å². The third-order valence-electron chi connectivity index (χ3n) is 3.97. The molecule has 1 aromatic rings. The number of halogens is 1. The molecule has 1 aliphatic heterocycles. The molecule has 0 radical (unpaired) electrons. The minimum absolute atomic E-state index is 0.0935. The van der Waals surface area contributed by atoms with E-state index in [9.17, 15) is 4.79 Å². The van der Waals surface area contributed by atoms with Crippen molar-refractivity contribution in [3.8, 4) is 0 Å². The van der Waals surface area contributed by atoms with Gasteiger partial charge in [0.1, 0.15) is 0 Å². The first kappa shape index (κ1) is 14.4. The Balaban J connectivity index is 2.13. The molecular weight excluding hydrogens is 304 g/mol. The molecule has 19 heavy (non-hydrogen) atoms.